The summed E-state index contributed by atoms with van der Waals surface area (Å²) in [7, 11) is 0. The molecule has 1 fully saturated rings. The van der Waals surface area contributed by atoms with Gasteiger partial charge in [0.1, 0.15) is 6.04 Å². The molecule has 0 spiro atoms. The van der Waals surface area contributed by atoms with Gasteiger partial charge in [0.15, 0.2) is 0 Å². The van der Waals surface area contributed by atoms with Crippen LogP contribution in [0.3, 0.4) is 0 Å². The second kappa shape index (κ2) is 7.33. The Bertz CT molecular complexity index is 403. The van der Waals surface area contributed by atoms with E-state index in [0.717, 1.165) is 0 Å². The zero-order chi connectivity index (χ0) is 16.0. The van der Waals surface area contributed by atoms with E-state index in [-0.39, 0.29) is 44.9 Å². The third-order valence-corrected chi connectivity index (χ3v) is 3.59. The third-order valence-electron chi connectivity index (χ3n) is 3.59. The first-order valence-electron chi connectivity index (χ1n) is 6.84. The molecule has 0 aromatic carbocycles. The molecule has 0 saturated heterocycles. The van der Waals surface area contributed by atoms with Crippen LogP contribution in [0.15, 0.2) is 0 Å². The molecular formula is C13H19F2NO5. The molecule has 1 aliphatic carbocycles. The van der Waals surface area contributed by atoms with Gasteiger partial charge in [-0.25, -0.2) is 13.6 Å². The number of carbonyl (C=O) groups is 3. The molecule has 120 valence electrons. The molecule has 1 amide bonds. The lowest BCUT2D eigenvalue weighted by molar-refractivity contribution is -0.144. The van der Waals surface area contributed by atoms with Crippen molar-refractivity contribution in [1.82, 2.24) is 5.32 Å². The van der Waals surface area contributed by atoms with Crippen LogP contribution in [0.5, 0.6) is 0 Å². The van der Waals surface area contributed by atoms with Gasteiger partial charge in [0.05, 0.1) is 0 Å². The number of alkyl halides is 2. The molecule has 3 N–H and O–H groups in total. The van der Waals surface area contributed by atoms with Crippen molar-refractivity contribution in [2.75, 3.05) is 0 Å². The van der Waals surface area contributed by atoms with Gasteiger partial charge in [-0.05, 0) is 25.7 Å². The highest BCUT2D eigenvalue weighted by molar-refractivity contribution is 5.85. The Morgan fingerprint density at radius 3 is 2.24 bits per heavy atom. The van der Waals surface area contributed by atoms with Crippen LogP contribution < -0.4 is 5.32 Å². The molecule has 0 aromatic heterocycles. The fourth-order valence-corrected chi connectivity index (χ4v) is 2.31. The molecular weight excluding hydrogens is 288 g/mol. The molecule has 21 heavy (non-hydrogen) atoms. The van der Waals surface area contributed by atoms with Crippen molar-refractivity contribution >= 4 is 17.8 Å². The first-order valence-corrected chi connectivity index (χ1v) is 6.84. The van der Waals surface area contributed by atoms with Crippen LogP contribution >= 0.6 is 0 Å². The van der Waals surface area contributed by atoms with Crippen molar-refractivity contribution in [2.45, 2.75) is 56.9 Å². The number of halogens is 2. The maximum Gasteiger partial charge on any atom is 0.326 e. The molecule has 1 rings (SSSR count). The topological polar surface area (TPSA) is 104 Å². The Balaban J connectivity index is 2.45. The van der Waals surface area contributed by atoms with E-state index in [1.165, 1.54) is 0 Å². The Morgan fingerprint density at radius 2 is 1.76 bits per heavy atom. The molecule has 1 atom stereocenters. The van der Waals surface area contributed by atoms with E-state index in [0.29, 0.717) is 0 Å². The predicted octanol–water partition coefficient (Wildman–Crippen LogP) is 1.64. The van der Waals surface area contributed by atoms with Crippen LogP contribution in [0.4, 0.5) is 8.78 Å². The van der Waals surface area contributed by atoms with Gasteiger partial charge < -0.3 is 15.5 Å². The van der Waals surface area contributed by atoms with E-state index >= 15 is 0 Å². The van der Waals surface area contributed by atoms with Crippen LogP contribution in [-0.2, 0) is 14.4 Å². The molecule has 0 radical (unpaired) electrons. The number of carbonyl (C=O) groups excluding carboxylic acids is 1. The second-order valence-electron chi connectivity index (χ2n) is 5.32. The summed E-state index contributed by atoms with van der Waals surface area (Å²) >= 11 is 0. The number of carboxylic acids is 2. The summed E-state index contributed by atoms with van der Waals surface area (Å²) in [5.41, 5.74) is 0. The predicted molar refractivity (Wildman–Crippen MR) is 68.0 cm³/mol. The average Bonchev–Trinajstić information content (AvgIpc) is 2.36. The standard InChI is InChI=1S/C13H19F2NO5/c14-13(15)6-4-8(5-7-13)11(19)16-9(12(20)21)2-1-3-10(17)18/h8-9H,1-7H2,(H,16,19)(H,17,18)(H,20,21)/t9-/m1/s1. The van der Waals surface area contributed by atoms with Crippen LogP contribution in [0, 0.1) is 5.92 Å². The number of rotatable bonds is 7. The molecule has 1 saturated carbocycles. The lowest BCUT2D eigenvalue weighted by Crippen LogP contribution is -2.45. The number of amides is 1. The fourth-order valence-electron chi connectivity index (χ4n) is 2.31. The monoisotopic (exact) mass is 307 g/mol. The van der Waals surface area contributed by atoms with E-state index in [1.54, 1.807) is 0 Å². The summed E-state index contributed by atoms with van der Waals surface area (Å²) in [5.74, 6) is -6.20. The largest absolute Gasteiger partial charge is 0.481 e. The molecule has 0 unspecified atom stereocenters. The van der Waals surface area contributed by atoms with E-state index < -0.39 is 35.7 Å². The lowest BCUT2D eigenvalue weighted by Gasteiger charge is -2.28. The van der Waals surface area contributed by atoms with Crippen molar-refractivity contribution in [3.05, 3.63) is 0 Å². The summed E-state index contributed by atoms with van der Waals surface area (Å²) < 4.78 is 26.0. The van der Waals surface area contributed by atoms with Crippen LogP contribution in [-0.4, -0.2) is 40.0 Å². The highest BCUT2D eigenvalue weighted by Gasteiger charge is 2.38. The lowest BCUT2D eigenvalue weighted by atomic mass is 9.86. The summed E-state index contributed by atoms with van der Waals surface area (Å²) in [5, 5.41) is 19.8. The minimum absolute atomic E-state index is 0.00372. The molecule has 0 aliphatic heterocycles. The fraction of sp³-hybridized carbons (Fsp3) is 0.769. The maximum absolute atomic E-state index is 13.0. The number of aliphatic carboxylic acids is 2. The summed E-state index contributed by atoms with van der Waals surface area (Å²) in [6.07, 6.45) is -0.759. The van der Waals surface area contributed by atoms with E-state index in [9.17, 15) is 23.2 Å². The van der Waals surface area contributed by atoms with Crippen molar-refractivity contribution in [2.24, 2.45) is 5.92 Å². The quantitative estimate of drug-likeness (QED) is 0.663. The van der Waals surface area contributed by atoms with Crippen LogP contribution in [0.25, 0.3) is 0 Å². The highest BCUT2D eigenvalue weighted by atomic mass is 19.3. The molecule has 0 aromatic rings. The Hall–Kier alpha value is -1.73. The maximum atomic E-state index is 13.0. The van der Waals surface area contributed by atoms with Crippen molar-refractivity contribution in [3.8, 4) is 0 Å². The van der Waals surface area contributed by atoms with Gasteiger partial charge in [-0.2, -0.15) is 0 Å². The first kappa shape index (κ1) is 17.3. The Kier molecular flexibility index (Phi) is 6.04. The summed E-state index contributed by atoms with van der Waals surface area (Å²) in [6.45, 7) is 0. The van der Waals surface area contributed by atoms with Gasteiger partial charge in [-0.15, -0.1) is 0 Å². The van der Waals surface area contributed by atoms with E-state index in [2.05, 4.69) is 5.32 Å². The minimum atomic E-state index is -2.75. The SMILES string of the molecule is O=C(O)CCC[C@@H](NC(=O)C1CCC(F)(F)CC1)C(=O)O. The van der Waals surface area contributed by atoms with Crippen molar-refractivity contribution < 1.29 is 33.4 Å². The highest BCUT2D eigenvalue weighted by Crippen LogP contribution is 2.36. The molecule has 6 nitrogen and oxygen atoms in total. The Labute approximate surface area is 120 Å². The van der Waals surface area contributed by atoms with E-state index in [1.807, 2.05) is 0 Å². The molecule has 0 heterocycles. The van der Waals surface area contributed by atoms with Crippen LogP contribution in [0.1, 0.15) is 44.9 Å². The van der Waals surface area contributed by atoms with Crippen molar-refractivity contribution in [3.63, 3.8) is 0 Å². The third kappa shape index (κ3) is 6.05. The average molecular weight is 307 g/mol. The van der Waals surface area contributed by atoms with Gasteiger partial charge in [0.25, 0.3) is 0 Å². The summed E-state index contributed by atoms with van der Waals surface area (Å²) in [6, 6.07) is -1.18. The minimum Gasteiger partial charge on any atom is -0.481 e. The van der Waals surface area contributed by atoms with Gasteiger partial charge >= 0.3 is 11.9 Å². The summed E-state index contributed by atoms with van der Waals surface area (Å²) in [4.78, 5) is 33.3. The zero-order valence-electron chi connectivity index (χ0n) is 11.5. The van der Waals surface area contributed by atoms with Gasteiger partial charge in [0.2, 0.25) is 11.8 Å². The van der Waals surface area contributed by atoms with Gasteiger partial charge in [-0.3, -0.25) is 9.59 Å². The Morgan fingerprint density at radius 1 is 1.19 bits per heavy atom. The first-order chi connectivity index (χ1) is 9.71. The number of nitrogens with one attached hydrogen (secondary N) is 1. The van der Waals surface area contributed by atoms with Gasteiger partial charge in [0, 0.05) is 25.2 Å². The smallest absolute Gasteiger partial charge is 0.326 e. The second-order valence-corrected chi connectivity index (χ2v) is 5.32. The van der Waals surface area contributed by atoms with E-state index in [4.69, 9.17) is 10.2 Å². The number of carboxylic acid groups (broad SMARTS) is 2. The molecule has 1 aliphatic rings. The van der Waals surface area contributed by atoms with Gasteiger partial charge in [-0.1, -0.05) is 0 Å². The normalized spacial score (nSPS) is 19.7. The number of hydrogen-bond donors (Lipinski definition) is 3. The van der Waals surface area contributed by atoms with Crippen LogP contribution in [0.2, 0.25) is 0 Å². The molecule has 0 bridgehead atoms. The number of hydrogen-bond acceptors (Lipinski definition) is 3. The molecule has 8 heteroatoms. The zero-order valence-corrected chi connectivity index (χ0v) is 11.5. The van der Waals surface area contributed by atoms with Crippen molar-refractivity contribution in [1.29, 1.82) is 0 Å².